The van der Waals surface area contributed by atoms with Gasteiger partial charge in [0, 0.05) is 12.3 Å². The van der Waals surface area contributed by atoms with E-state index in [1.54, 1.807) is 29.1 Å². The Morgan fingerprint density at radius 3 is 2.48 bits per heavy atom. The zero-order chi connectivity index (χ0) is 16.1. The molecule has 3 rings (SSSR count). The van der Waals surface area contributed by atoms with Crippen molar-refractivity contribution < 1.29 is 9.18 Å². The van der Waals surface area contributed by atoms with Gasteiger partial charge in [0.25, 0.3) is 0 Å². The Morgan fingerprint density at radius 1 is 1.00 bits per heavy atom. The molecule has 3 aromatic rings. The first-order chi connectivity index (χ1) is 11.2. The zero-order valence-electron chi connectivity index (χ0n) is 12.4. The number of nitrogens with zero attached hydrogens (tertiary/aromatic N) is 2. The van der Waals surface area contributed by atoms with Crippen molar-refractivity contribution in [2.75, 3.05) is 5.32 Å². The molecule has 0 atom stereocenters. The van der Waals surface area contributed by atoms with Crippen molar-refractivity contribution in [2.24, 2.45) is 0 Å². The minimum atomic E-state index is -0.261. The molecule has 0 radical (unpaired) electrons. The summed E-state index contributed by atoms with van der Waals surface area (Å²) in [4.78, 5) is 12.0. The minimum Gasteiger partial charge on any atom is -0.309 e. The van der Waals surface area contributed by atoms with E-state index in [9.17, 15) is 9.18 Å². The molecule has 0 unspecified atom stereocenters. The maximum atomic E-state index is 12.9. The van der Waals surface area contributed by atoms with Crippen LogP contribution in [0.15, 0.2) is 66.9 Å². The van der Waals surface area contributed by atoms with Crippen molar-refractivity contribution in [3.05, 3.63) is 83.8 Å². The fourth-order valence-corrected chi connectivity index (χ4v) is 2.26. The molecule has 1 heterocycles. The van der Waals surface area contributed by atoms with Crippen LogP contribution in [0.4, 0.5) is 10.2 Å². The molecule has 23 heavy (non-hydrogen) atoms. The molecule has 0 saturated heterocycles. The highest BCUT2D eigenvalue weighted by Gasteiger charge is 2.06. The van der Waals surface area contributed by atoms with Crippen LogP contribution in [0.1, 0.15) is 11.1 Å². The van der Waals surface area contributed by atoms with E-state index in [0.717, 1.165) is 11.1 Å². The third-order valence-electron chi connectivity index (χ3n) is 3.37. The molecule has 4 nitrogen and oxygen atoms in total. The van der Waals surface area contributed by atoms with E-state index in [0.29, 0.717) is 18.8 Å². The fourth-order valence-electron chi connectivity index (χ4n) is 2.26. The van der Waals surface area contributed by atoms with Crippen molar-refractivity contribution >= 4 is 11.7 Å². The van der Waals surface area contributed by atoms with Crippen LogP contribution >= 0.6 is 0 Å². The van der Waals surface area contributed by atoms with Gasteiger partial charge >= 0.3 is 0 Å². The van der Waals surface area contributed by atoms with Crippen LogP contribution in [0.25, 0.3) is 0 Å². The summed E-state index contributed by atoms with van der Waals surface area (Å²) >= 11 is 0. The lowest BCUT2D eigenvalue weighted by Crippen LogP contribution is -2.15. The third-order valence-corrected chi connectivity index (χ3v) is 3.37. The number of hydrogen-bond donors (Lipinski definition) is 1. The number of rotatable bonds is 5. The summed E-state index contributed by atoms with van der Waals surface area (Å²) in [6, 6.07) is 17.5. The van der Waals surface area contributed by atoms with E-state index in [1.165, 1.54) is 12.1 Å². The Hall–Kier alpha value is -2.95. The molecule has 0 bridgehead atoms. The van der Waals surface area contributed by atoms with Crippen LogP contribution in [-0.2, 0) is 17.8 Å². The summed E-state index contributed by atoms with van der Waals surface area (Å²) in [5, 5.41) is 7.08. The van der Waals surface area contributed by atoms with Gasteiger partial charge in [-0.15, -0.1) is 0 Å². The maximum Gasteiger partial charge on any atom is 0.229 e. The van der Waals surface area contributed by atoms with Gasteiger partial charge in [-0.05, 0) is 23.3 Å². The number of carbonyl (C=O) groups excluding carboxylic acids is 1. The number of carbonyl (C=O) groups is 1. The van der Waals surface area contributed by atoms with E-state index in [2.05, 4.69) is 10.4 Å². The van der Waals surface area contributed by atoms with Gasteiger partial charge in [0.05, 0.1) is 13.0 Å². The average Bonchev–Trinajstić information content (AvgIpc) is 2.97. The van der Waals surface area contributed by atoms with Crippen LogP contribution < -0.4 is 5.32 Å². The van der Waals surface area contributed by atoms with E-state index in [1.807, 2.05) is 30.3 Å². The van der Waals surface area contributed by atoms with E-state index in [-0.39, 0.29) is 11.7 Å². The number of hydrogen-bond acceptors (Lipinski definition) is 2. The molecule has 0 aliphatic heterocycles. The van der Waals surface area contributed by atoms with Crippen molar-refractivity contribution in [3.63, 3.8) is 0 Å². The highest BCUT2D eigenvalue weighted by molar-refractivity contribution is 5.91. The molecule has 2 aromatic carbocycles. The summed E-state index contributed by atoms with van der Waals surface area (Å²) in [7, 11) is 0. The predicted molar refractivity (Wildman–Crippen MR) is 86.5 cm³/mol. The number of aromatic nitrogens is 2. The second-order valence-corrected chi connectivity index (χ2v) is 5.24. The normalized spacial score (nSPS) is 10.5. The lowest BCUT2D eigenvalue weighted by atomic mass is 10.1. The lowest BCUT2D eigenvalue weighted by Gasteiger charge is -2.03. The average molecular weight is 309 g/mol. The third kappa shape index (κ3) is 4.26. The van der Waals surface area contributed by atoms with Crippen molar-refractivity contribution in [1.29, 1.82) is 0 Å². The van der Waals surface area contributed by atoms with E-state index >= 15 is 0 Å². The topological polar surface area (TPSA) is 46.9 Å². The highest BCUT2D eigenvalue weighted by atomic mass is 19.1. The number of halogens is 1. The van der Waals surface area contributed by atoms with E-state index in [4.69, 9.17) is 0 Å². The van der Waals surface area contributed by atoms with Crippen molar-refractivity contribution in [1.82, 2.24) is 9.78 Å². The first kappa shape index (κ1) is 15.0. The summed E-state index contributed by atoms with van der Waals surface area (Å²) in [6.45, 7) is 0.523. The molecular weight excluding hydrogens is 293 g/mol. The Kier molecular flexibility index (Phi) is 4.47. The first-order valence-electron chi connectivity index (χ1n) is 7.31. The molecule has 0 spiro atoms. The van der Waals surface area contributed by atoms with Gasteiger partial charge in [0.1, 0.15) is 5.82 Å². The molecule has 0 aliphatic rings. The summed E-state index contributed by atoms with van der Waals surface area (Å²) in [5.41, 5.74) is 1.90. The van der Waals surface area contributed by atoms with Gasteiger partial charge in [-0.1, -0.05) is 42.5 Å². The number of nitrogens with one attached hydrogen (secondary N) is 1. The predicted octanol–water partition coefficient (Wildman–Crippen LogP) is 3.25. The summed E-state index contributed by atoms with van der Waals surface area (Å²) in [6.07, 6.45) is 2.09. The smallest absolute Gasteiger partial charge is 0.229 e. The number of amides is 1. The summed E-state index contributed by atoms with van der Waals surface area (Å²) < 4.78 is 14.6. The highest BCUT2D eigenvalue weighted by Crippen LogP contribution is 2.09. The first-order valence-corrected chi connectivity index (χ1v) is 7.31. The summed E-state index contributed by atoms with van der Waals surface area (Å²) in [5.74, 6) is 0.138. The zero-order valence-corrected chi connectivity index (χ0v) is 12.4. The molecule has 5 heteroatoms. The van der Waals surface area contributed by atoms with Crippen molar-refractivity contribution in [3.8, 4) is 0 Å². The lowest BCUT2D eigenvalue weighted by molar-refractivity contribution is -0.115. The monoisotopic (exact) mass is 309 g/mol. The van der Waals surface area contributed by atoms with Crippen LogP contribution in [-0.4, -0.2) is 15.7 Å². The quantitative estimate of drug-likeness (QED) is 0.786. The number of anilines is 1. The molecular formula is C18H16FN3O. The van der Waals surface area contributed by atoms with Crippen molar-refractivity contribution in [2.45, 2.75) is 13.0 Å². The Labute approximate surface area is 133 Å². The Bertz CT molecular complexity index is 782. The Morgan fingerprint density at radius 2 is 1.74 bits per heavy atom. The number of benzene rings is 2. The SMILES string of the molecule is O=C(Cc1ccccc1)Nc1ccn(Cc2ccc(F)cc2)n1. The molecule has 1 N–H and O–H groups in total. The van der Waals surface area contributed by atoms with Crippen LogP contribution in [0.5, 0.6) is 0 Å². The molecule has 0 aliphatic carbocycles. The second kappa shape index (κ2) is 6.87. The van der Waals surface area contributed by atoms with Crippen LogP contribution in [0.2, 0.25) is 0 Å². The van der Waals surface area contributed by atoms with Gasteiger partial charge in [0.15, 0.2) is 5.82 Å². The molecule has 0 saturated carbocycles. The molecule has 0 fully saturated rings. The molecule has 116 valence electrons. The molecule has 1 aromatic heterocycles. The van der Waals surface area contributed by atoms with Crippen LogP contribution in [0.3, 0.4) is 0 Å². The van der Waals surface area contributed by atoms with E-state index < -0.39 is 0 Å². The van der Waals surface area contributed by atoms with Gasteiger partial charge in [0.2, 0.25) is 5.91 Å². The largest absolute Gasteiger partial charge is 0.309 e. The van der Waals surface area contributed by atoms with Gasteiger partial charge in [-0.25, -0.2) is 4.39 Å². The molecule has 1 amide bonds. The van der Waals surface area contributed by atoms with Gasteiger partial charge in [-0.3, -0.25) is 9.48 Å². The van der Waals surface area contributed by atoms with Gasteiger partial charge in [-0.2, -0.15) is 5.10 Å². The minimum absolute atomic E-state index is 0.108. The maximum absolute atomic E-state index is 12.9. The fraction of sp³-hybridized carbons (Fsp3) is 0.111. The van der Waals surface area contributed by atoms with Crippen LogP contribution in [0, 0.1) is 5.82 Å². The second-order valence-electron chi connectivity index (χ2n) is 5.24. The van der Waals surface area contributed by atoms with Gasteiger partial charge < -0.3 is 5.32 Å². The Balaban J connectivity index is 1.58. The standard InChI is InChI=1S/C18H16FN3O/c19-16-8-6-15(7-9-16)13-22-11-10-17(21-22)20-18(23)12-14-4-2-1-3-5-14/h1-11H,12-13H2,(H,20,21,23).